The van der Waals surface area contributed by atoms with E-state index in [-0.39, 0.29) is 12.5 Å². The van der Waals surface area contributed by atoms with E-state index >= 15 is 0 Å². The first-order valence-electron chi connectivity index (χ1n) is 9.13. The number of rotatable bonds is 4. The van der Waals surface area contributed by atoms with Crippen LogP contribution in [0.15, 0.2) is 54.6 Å². The van der Waals surface area contributed by atoms with E-state index in [1.54, 1.807) is 6.07 Å². The summed E-state index contributed by atoms with van der Waals surface area (Å²) < 4.78 is 0. The van der Waals surface area contributed by atoms with E-state index in [1.165, 1.54) is 0 Å². The lowest BCUT2D eigenvalue weighted by Crippen LogP contribution is -2.47. The number of piperidine rings is 1. The molecule has 3 rings (SSSR count). The Hall–Kier alpha value is -2.70. The molecule has 3 N–H and O–H groups in total. The fourth-order valence-corrected chi connectivity index (χ4v) is 3.35. The van der Waals surface area contributed by atoms with Gasteiger partial charge in [-0.3, -0.25) is 15.0 Å². The maximum atomic E-state index is 12.2. The van der Waals surface area contributed by atoms with E-state index in [0.717, 1.165) is 11.1 Å². The molecule has 1 fully saturated rings. The number of carbonyl (C=O) groups is 2. The van der Waals surface area contributed by atoms with Crippen LogP contribution in [0.5, 0.6) is 0 Å². The molecule has 27 heavy (non-hydrogen) atoms. The minimum Gasteiger partial charge on any atom is -0.385 e. The number of hydrogen-bond donors (Lipinski definition) is 3. The predicted molar refractivity (Wildman–Crippen MR) is 104 cm³/mol. The number of imide groups is 1. The minimum atomic E-state index is -0.851. The summed E-state index contributed by atoms with van der Waals surface area (Å²) >= 11 is 0. The minimum absolute atomic E-state index is 0.131. The molecule has 0 aromatic heterocycles. The summed E-state index contributed by atoms with van der Waals surface area (Å²) in [7, 11) is 0. The second-order valence-electron chi connectivity index (χ2n) is 6.99. The van der Waals surface area contributed by atoms with Gasteiger partial charge in [0.25, 0.3) is 0 Å². The summed E-state index contributed by atoms with van der Waals surface area (Å²) in [5.74, 6) is -0.355. The number of nitrogens with zero attached hydrogens (tertiary/aromatic N) is 1. The molecule has 0 spiro atoms. The second kappa shape index (κ2) is 8.33. The van der Waals surface area contributed by atoms with Crippen molar-refractivity contribution in [1.29, 1.82) is 0 Å². The summed E-state index contributed by atoms with van der Waals surface area (Å²) in [5.41, 5.74) is 1.66. The van der Waals surface area contributed by atoms with Gasteiger partial charge < -0.3 is 10.4 Å². The molecule has 6 nitrogen and oxygen atoms in total. The molecule has 3 amide bonds. The van der Waals surface area contributed by atoms with E-state index in [0.29, 0.717) is 31.6 Å². The Bertz CT molecular complexity index is 799. The smallest absolute Gasteiger partial charge is 0.325 e. The first-order valence-corrected chi connectivity index (χ1v) is 9.13. The van der Waals surface area contributed by atoms with Crippen molar-refractivity contribution in [2.75, 3.05) is 25.0 Å². The van der Waals surface area contributed by atoms with Gasteiger partial charge in [0.2, 0.25) is 5.91 Å². The van der Waals surface area contributed by atoms with Crippen LogP contribution in [-0.2, 0) is 10.4 Å². The average molecular weight is 367 g/mol. The Morgan fingerprint density at radius 1 is 1.04 bits per heavy atom. The molecule has 142 valence electrons. The highest BCUT2D eigenvalue weighted by Gasteiger charge is 2.34. The standard InChI is InChI=1S/C21H25N3O3/c1-16-7-5-6-10-18(16)22-20(26)23-19(25)15-24-13-11-21(27,12-14-24)17-8-3-2-4-9-17/h2-10,27H,11-15H2,1H3,(H2,22,23,25,26). The molecule has 0 aliphatic carbocycles. The van der Waals surface area contributed by atoms with Gasteiger partial charge in [0.1, 0.15) is 0 Å². The Morgan fingerprint density at radius 3 is 2.33 bits per heavy atom. The SMILES string of the molecule is Cc1ccccc1NC(=O)NC(=O)CN1CCC(O)(c2ccccc2)CC1. The second-order valence-corrected chi connectivity index (χ2v) is 6.99. The van der Waals surface area contributed by atoms with Crippen molar-refractivity contribution < 1.29 is 14.7 Å². The molecule has 6 heteroatoms. The third-order valence-corrected chi connectivity index (χ3v) is 5.01. The zero-order valence-electron chi connectivity index (χ0n) is 15.4. The lowest BCUT2D eigenvalue weighted by molar-refractivity contribution is -0.122. The van der Waals surface area contributed by atoms with Crippen LogP contribution in [0.25, 0.3) is 0 Å². The van der Waals surface area contributed by atoms with E-state index in [2.05, 4.69) is 10.6 Å². The summed E-state index contributed by atoms with van der Waals surface area (Å²) in [6, 6.07) is 16.5. The Kier molecular flexibility index (Phi) is 5.88. The number of amides is 3. The molecular weight excluding hydrogens is 342 g/mol. The number of aryl methyl sites for hydroxylation is 1. The largest absolute Gasteiger partial charge is 0.385 e. The number of nitrogens with one attached hydrogen (secondary N) is 2. The topological polar surface area (TPSA) is 81.7 Å². The van der Waals surface area contributed by atoms with Crippen molar-refractivity contribution in [2.24, 2.45) is 0 Å². The highest BCUT2D eigenvalue weighted by atomic mass is 16.3. The molecular formula is C21H25N3O3. The summed E-state index contributed by atoms with van der Waals surface area (Å²) in [5, 5.41) is 15.9. The fraction of sp³-hybridized carbons (Fsp3) is 0.333. The van der Waals surface area contributed by atoms with E-state index in [9.17, 15) is 14.7 Å². The first-order chi connectivity index (χ1) is 13.0. The lowest BCUT2D eigenvalue weighted by atomic mass is 9.84. The molecule has 1 aliphatic rings. The fourth-order valence-electron chi connectivity index (χ4n) is 3.35. The van der Waals surface area contributed by atoms with Gasteiger partial charge >= 0.3 is 6.03 Å². The maximum absolute atomic E-state index is 12.2. The summed E-state index contributed by atoms with van der Waals surface area (Å²) in [6.07, 6.45) is 1.11. The van der Waals surface area contributed by atoms with Gasteiger partial charge in [-0.1, -0.05) is 48.5 Å². The van der Waals surface area contributed by atoms with Crippen LogP contribution in [0, 0.1) is 6.92 Å². The van der Waals surface area contributed by atoms with Crippen molar-refractivity contribution in [3.8, 4) is 0 Å². The van der Waals surface area contributed by atoms with E-state index in [1.807, 2.05) is 60.4 Å². The molecule has 2 aromatic carbocycles. The Labute approximate surface area is 159 Å². The third kappa shape index (κ3) is 4.93. The van der Waals surface area contributed by atoms with Crippen LogP contribution in [0.4, 0.5) is 10.5 Å². The number of urea groups is 1. The molecule has 0 bridgehead atoms. The number of anilines is 1. The third-order valence-electron chi connectivity index (χ3n) is 5.01. The van der Waals surface area contributed by atoms with Crippen molar-refractivity contribution >= 4 is 17.6 Å². The van der Waals surface area contributed by atoms with Gasteiger partial charge in [-0.2, -0.15) is 0 Å². The van der Waals surface area contributed by atoms with Crippen LogP contribution in [0.1, 0.15) is 24.0 Å². The van der Waals surface area contributed by atoms with Crippen LogP contribution in [0.3, 0.4) is 0 Å². The molecule has 1 saturated heterocycles. The van der Waals surface area contributed by atoms with Gasteiger partial charge in [-0.05, 0) is 37.0 Å². The molecule has 0 saturated carbocycles. The van der Waals surface area contributed by atoms with E-state index in [4.69, 9.17) is 0 Å². The number of benzene rings is 2. The molecule has 1 heterocycles. The molecule has 0 unspecified atom stereocenters. The predicted octanol–water partition coefficient (Wildman–Crippen LogP) is 2.63. The lowest BCUT2D eigenvalue weighted by Gasteiger charge is -2.38. The number of carbonyl (C=O) groups excluding carboxylic acids is 2. The molecule has 1 aliphatic heterocycles. The van der Waals surface area contributed by atoms with Crippen LogP contribution >= 0.6 is 0 Å². The quantitative estimate of drug-likeness (QED) is 0.776. The normalized spacial score (nSPS) is 16.5. The van der Waals surface area contributed by atoms with Crippen molar-refractivity contribution in [3.63, 3.8) is 0 Å². The molecule has 2 aromatic rings. The number of para-hydroxylation sites is 1. The summed E-state index contributed by atoms with van der Waals surface area (Å²) in [6.45, 7) is 3.21. The Balaban J connectivity index is 1.47. The maximum Gasteiger partial charge on any atom is 0.325 e. The number of hydrogen-bond acceptors (Lipinski definition) is 4. The molecule has 0 radical (unpaired) electrons. The monoisotopic (exact) mass is 367 g/mol. The average Bonchev–Trinajstić information content (AvgIpc) is 2.66. The first kappa shape index (κ1) is 19.1. The van der Waals surface area contributed by atoms with Crippen molar-refractivity contribution in [3.05, 3.63) is 65.7 Å². The van der Waals surface area contributed by atoms with Crippen molar-refractivity contribution in [2.45, 2.75) is 25.4 Å². The van der Waals surface area contributed by atoms with E-state index < -0.39 is 11.6 Å². The Morgan fingerprint density at radius 2 is 1.67 bits per heavy atom. The molecule has 0 atom stereocenters. The zero-order chi connectivity index (χ0) is 19.3. The van der Waals surface area contributed by atoms with Gasteiger partial charge in [0.05, 0.1) is 12.1 Å². The van der Waals surface area contributed by atoms with Crippen molar-refractivity contribution in [1.82, 2.24) is 10.2 Å². The van der Waals surface area contributed by atoms with Crippen LogP contribution in [0.2, 0.25) is 0 Å². The van der Waals surface area contributed by atoms with Gasteiger partial charge in [-0.25, -0.2) is 4.79 Å². The number of likely N-dealkylation sites (tertiary alicyclic amines) is 1. The number of aliphatic hydroxyl groups is 1. The summed E-state index contributed by atoms with van der Waals surface area (Å²) in [4.78, 5) is 26.1. The highest BCUT2D eigenvalue weighted by molar-refractivity contribution is 6.02. The van der Waals surface area contributed by atoms with Crippen LogP contribution in [-0.4, -0.2) is 41.6 Å². The zero-order valence-corrected chi connectivity index (χ0v) is 15.4. The van der Waals surface area contributed by atoms with Crippen LogP contribution < -0.4 is 10.6 Å². The van der Waals surface area contributed by atoms with Gasteiger partial charge in [0, 0.05) is 18.8 Å². The highest BCUT2D eigenvalue weighted by Crippen LogP contribution is 2.32. The van der Waals surface area contributed by atoms with Gasteiger partial charge in [0.15, 0.2) is 0 Å². The van der Waals surface area contributed by atoms with Gasteiger partial charge in [-0.15, -0.1) is 0 Å².